The standard InChI is InChI=1S/C14H21ClN2O2/c1-9(16)7-10-8-11(15)5-6-12(10)17-13(18)19-14(2,3)4/h5-6,8-9H,7,16H2,1-4H3,(H,17,18)/t9-/m1/s1. The van der Waals surface area contributed by atoms with E-state index in [4.69, 9.17) is 22.1 Å². The Morgan fingerprint density at radius 2 is 2.11 bits per heavy atom. The fourth-order valence-electron chi connectivity index (χ4n) is 1.61. The minimum atomic E-state index is -0.530. The molecular weight excluding hydrogens is 264 g/mol. The second-order valence-electron chi connectivity index (χ2n) is 5.61. The predicted octanol–water partition coefficient (Wildman–Crippen LogP) is 3.58. The average molecular weight is 285 g/mol. The minimum absolute atomic E-state index is 0.0161. The summed E-state index contributed by atoms with van der Waals surface area (Å²) in [6, 6.07) is 5.26. The summed E-state index contributed by atoms with van der Waals surface area (Å²) in [5, 5.41) is 3.34. The van der Waals surface area contributed by atoms with Crippen LogP contribution in [0, 0.1) is 0 Å². The Hall–Kier alpha value is -1.26. The van der Waals surface area contributed by atoms with Crippen molar-refractivity contribution in [2.24, 2.45) is 5.73 Å². The van der Waals surface area contributed by atoms with Crippen molar-refractivity contribution >= 4 is 23.4 Å². The molecule has 0 saturated carbocycles. The molecule has 0 aliphatic rings. The first-order valence-electron chi connectivity index (χ1n) is 6.21. The number of carbonyl (C=O) groups excluding carboxylic acids is 1. The molecule has 1 rings (SSSR count). The number of anilines is 1. The van der Waals surface area contributed by atoms with E-state index in [0.29, 0.717) is 17.1 Å². The molecule has 0 spiro atoms. The molecule has 0 fully saturated rings. The highest BCUT2D eigenvalue weighted by Crippen LogP contribution is 2.22. The molecule has 0 aliphatic heterocycles. The van der Waals surface area contributed by atoms with Crippen molar-refractivity contribution in [2.45, 2.75) is 45.8 Å². The lowest BCUT2D eigenvalue weighted by molar-refractivity contribution is 0.0636. The van der Waals surface area contributed by atoms with Crippen LogP contribution in [0.2, 0.25) is 5.02 Å². The quantitative estimate of drug-likeness (QED) is 0.892. The van der Waals surface area contributed by atoms with Gasteiger partial charge in [0.05, 0.1) is 0 Å². The molecule has 0 bridgehead atoms. The summed E-state index contributed by atoms with van der Waals surface area (Å²) in [5.74, 6) is 0. The Balaban J connectivity index is 2.85. The SMILES string of the molecule is C[C@@H](N)Cc1cc(Cl)ccc1NC(=O)OC(C)(C)C. The van der Waals surface area contributed by atoms with E-state index in [9.17, 15) is 4.79 Å². The largest absolute Gasteiger partial charge is 0.444 e. The number of benzene rings is 1. The van der Waals surface area contributed by atoms with Crippen LogP contribution in [0.25, 0.3) is 0 Å². The van der Waals surface area contributed by atoms with Crippen LogP contribution >= 0.6 is 11.6 Å². The average Bonchev–Trinajstić information content (AvgIpc) is 2.18. The van der Waals surface area contributed by atoms with E-state index in [0.717, 1.165) is 5.56 Å². The van der Waals surface area contributed by atoms with Crippen molar-refractivity contribution in [3.05, 3.63) is 28.8 Å². The lowest BCUT2D eigenvalue weighted by atomic mass is 10.1. The zero-order valence-electron chi connectivity index (χ0n) is 11.8. The summed E-state index contributed by atoms with van der Waals surface area (Å²) < 4.78 is 5.22. The van der Waals surface area contributed by atoms with Crippen LogP contribution in [0.4, 0.5) is 10.5 Å². The van der Waals surface area contributed by atoms with Crippen LogP contribution in [-0.4, -0.2) is 17.7 Å². The van der Waals surface area contributed by atoms with Gasteiger partial charge < -0.3 is 10.5 Å². The Morgan fingerprint density at radius 1 is 1.47 bits per heavy atom. The summed E-state index contributed by atoms with van der Waals surface area (Å²) in [4.78, 5) is 11.8. The number of nitrogens with two attached hydrogens (primary N) is 1. The van der Waals surface area contributed by atoms with E-state index in [1.165, 1.54) is 0 Å². The van der Waals surface area contributed by atoms with Crippen LogP contribution in [0.3, 0.4) is 0 Å². The van der Waals surface area contributed by atoms with E-state index in [2.05, 4.69) is 5.32 Å². The van der Waals surface area contributed by atoms with Crippen LogP contribution in [-0.2, 0) is 11.2 Å². The molecule has 0 unspecified atom stereocenters. The number of amides is 1. The van der Waals surface area contributed by atoms with Gasteiger partial charge in [-0.1, -0.05) is 11.6 Å². The van der Waals surface area contributed by atoms with Gasteiger partial charge in [0.1, 0.15) is 5.60 Å². The van der Waals surface area contributed by atoms with E-state index < -0.39 is 11.7 Å². The van der Waals surface area contributed by atoms with Crippen molar-refractivity contribution in [2.75, 3.05) is 5.32 Å². The normalized spacial score (nSPS) is 12.9. The molecule has 19 heavy (non-hydrogen) atoms. The van der Waals surface area contributed by atoms with Crippen molar-refractivity contribution < 1.29 is 9.53 Å². The van der Waals surface area contributed by atoms with Gasteiger partial charge in [-0.25, -0.2) is 4.79 Å². The molecule has 0 aliphatic carbocycles. The first-order valence-corrected chi connectivity index (χ1v) is 6.59. The van der Waals surface area contributed by atoms with Crippen LogP contribution < -0.4 is 11.1 Å². The van der Waals surface area contributed by atoms with Gasteiger partial charge in [-0.05, 0) is 57.9 Å². The van der Waals surface area contributed by atoms with Gasteiger partial charge in [0.2, 0.25) is 0 Å². The van der Waals surface area contributed by atoms with E-state index >= 15 is 0 Å². The first-order chi connectivity index (χ1) is 8.67. The van der Waals surface area contributed by atoms with E-state index in [1.807, 2.05) is 27.7 Å². The number of carbonyl (C=O) groups is 1. The molecule has 1 amide bonds. The molecule has 0 heterocycles. The smallest absolute Gasteiger partial charge is 0.412 e. The van der Waals surface area contributed by atoms with E-state index in [1.54, 1.807) is 18.2 Å². The molecule has 1 aromatic rings. The Morgan fingerprint density at radius 3 is 2.63 bits per heavy atom. The van der Waals surface area contributed by atoms with Gasteiger partial charge in [0, 0.05) is 16.8 Å². The van der Waals surface area contributed by atoms with Crippen molar-refractivity contribution in [3.8, 4) is 0 Å². The van der Waals surface area contributed by atoms with Crippen LogP contribution in [0.1, 0.15) is 33.3 Å². The number of hydrogen-bond acceptors (Lipinski definition) is 3. The van der Waals surface area contributed by atoms with Crippen molar-refractivity contribution in [1.82, 2.24) is 0 Å². The predicted molar refractivity (Wildman–Crippen MR) is 78.7 cm³/mol. The highest BCUT2D eigenvalue weighted by molar-refractivity contribution is 6.30. The van der Waals surface area contributed by atoms with Crippen molar-refractivity contribution in [3.63, 3.8) is 0 Å². The second-order valence-corrected chi connectivity index (χ2v) is 6.05. The molecular formula is C14H21ClN2O2. The first kappa shape index (κ1) is 15.8. The maximum atomic E-state index is 11.8. The molecule has 106 valence electrons. The molecule has 1 atom stereocenters. The molecule has 5 heteroatoms. The van der Waals surface area contributed by atoms with Gasteiger partial charge in [0.15, 0.2) is 0 Å². The lowest BCUT2D eigenvalue weighted by Gasteiger charge is -2.20. The number of nitrogens with one attached hydrogen (secondary N) is 1. The zero-order chi connectivity index (χ0) is 14.6. The summed E-state index contributed by atoms with van der Waals surface area (Å²) in [5.41, 5.74) is 6.83. The molecule has 4 nitrogen and oxygen atoms in total. The molecule has 0 aromatic heterocycles. The summed E-state index contributed by atoms with van der Waals surface area (Å²) >= 11 is 5.96. The Bertz CT molecular complexity index is 453. The monoisotopic (exact) mass is 284 g/mol. The van der Waals surface area contributed by atoms with Gasteiger partial charge in [-0.3, -0.25) is 5.32 Å². The van der Waals surface area contributed by atoms with Gasteiger partial charge >= 0.3 is 6.09 Å². The number of rotatable bonds is 3. The molecule has 3 N–H and O–H groups in total. The summed E-state index contributed by atoms with van der Waals surface area (Å²) in [7, 11) is 0. The Kier molecular flexibility index (Phi) is 5.20. The third-order valence-electron chi connectivity index (χ3n) is 2.24. The number of halogens is 1. The van der Waals surface area contributed by atoms with Gasteiger partial charge in [-0.15, -0.1) is 0 Å². The number of hydrogen-bond donors (Lipinski definition) is 2. The second kappa shape index (κ2) is 6.26. The van der Waals surface area contributed by atoms with Crippen LogP contribution in [0.5, 0.6) is 0 Å². The van der Waals surface area contributed by atoms with Crippen LogP contribution in [0.15, 0.2) is 18.2 Å². The highest BCUT2D eigenvalue weighted by Gasteiger charge is 2.17. The minimum Gasteiger partial charge on any atom is -0.444 e. The van der Waals surface area contributed by atoms with Gasteiger partial charge in [-0.2, -0.15) is 0 Å². The fraction of sp³-hybridized carbons (Fsp3) is 0.500. The summed E-state index contributed by atoms with van der Waals surface area (Å²) in [6.07, 6.45) is 0.145. The Labute approximate surface area is 119 Å². The molecule has 0 radical (unpaired) electrons. The van der Waals surface area contributed by atoms with Crippen molar-refractivity contribution in [1.29, 1.82) is 0 Å². The molecule has 1 aromatic carbocycles. The maximum absolute atomic E-state index is 11.8. The molecule has 0 saturated heterocycles. The fourth-order valence-corrected chi connectivity index (χ4v) is 1.81. The lowest BCUT2D eigenvalue weighted by Crippen LogP contribution is -2.28. The third kappa shape index (κ3) is 5.94. The maximum Gasteiger partial charge on any atom is 0.412 e. The summed E-state index contributed by atoms with van der Waals surface area (Å²) in [6.45, 7) is 7.35. The van der Waals surface area contributed by atoms with Gasteiger partial charge in [0.25, 0.3) is 0 Å². The number of ether oxygens (including phenoxy) is 1. The van der Waals surface area contributed by atoms with E-state index in [-0.39, 0.29) is 6.04 Å². The zero-order valence-corrected chi connectivity index (χ0v) is 12.5. The third-order valence-corrected chi connectivity index (χ3v) is 2.48. The topological polar surface area (TPSA) is 64.3 Å². The highest BCUT2D eigenvalue weighted by atomic mass is 35.5.